The predicted molar refractivity (Wildman–Crippen MR) is 117 cm³/mol. The van der Waals surface area contributed by atoms with Gasteiger partial charge >= 0.3 is 0 Å². The van der Waals surface area contributed by atoms with E-state index in [1.807, 2.05) is 24.9 Å². The number of nitrogens with zero attached hydrogens (tertiary/aromatic N) is 2. The monoisotopic (exact) mass is 424 g/mol. The van der Waals surface area contributed by atoms with E-state index >= 15 is 0 Å². The van der Waals surface area contributed by atoms with Crippen LogP contribution in [-0.2, 0) is 10.0 Å². The van der Waals surface area contributed by atoms with Crippen molar-refractivity contribution in [1.29, 1.82) is 0 Å². The highest BCUT2D eigenvalue weighted by molar-refractivity contribution is 7.99. The van der Waals surface area contributed by atoms with Crippen molar-refractivity contribution in [2.75, 3.05) is 32.9 Å². The van der Waals surface area contributed by atoms with Crippen LogP contribution in [0.25, 0.3) is 0 Å². The van der Waals surface area contributed by atoms with Gasteiger partial charge in [0.1, 0.15) is 0 Å². The molecule has 2 atom stereocenters. The first-order valence-electron chi connectivity index (χ1n) is 10.1. The molecule has 28 heavy (non-hydrogen) atoms. The second-order valence-electron chi connectivity index (χ2n) is 7.63. The van der Waals surface area contributed by atoms with E-state index in [-0.39, 0.29) is 0 Å². The third-order valence-corrected chi connectivity index (χ3v) is 8.80. The molecule has 0 spiro atoms. The highest BCUT2D eigenvalue weighted by Crippen LogP contribution is 2.28. The lowest BCUT2D eigenvalue weighted by Gasteiger charge is -2.31. The first-order valence-corrected chi connectivity index (χ1v) is 12.8. The van der Waals surface area contributed by atoms with Gasteiger partial charge in [-0.25, -0.2) is 8.42 Å². The number of piperidine rings is 1. The predicted octanol–water partition coefficient (Wildman–Crippen LogP) is 2.54. The zero-order valence-corrected chi connectivity index (χ0v) is 18.4. The van der Waals surface area contributed by atoms with Crippen molar-refractivity contribution in [2.24, 2.45) is 10.9 Å². The van der Waals surface area contributed by atoms with Crippen LogP contribution < -0.4 is 10.6 Å². The molecule has 156 valence electrons. The topological polar surface area (TPSA) is 73.8 Å². The van der Waals surface area contributed by atoms with Crippen molar-refractivity contribution in [2.45, 2.75) is 48.3 Å². The Kier molecular flexibility index (Phi) is 7.65. The van der Waals surface area contributed by atoms with E-state index in [9.17, 15) is 8.42 Å². The van der Waals surface area contributed by atoms with E-state index in [2.05, 4.69) is 21.9 Å². The summed E-state index contributed by atoms with van der Waals surface area (Å²) in [5.41, 5.74) is 0. The van der Waals surface area contributed by atoms with Gasteiger partial charge in [0.2, 0.25) is 10.0 Å². The number of benzene rings is 1. The van der Waals surface area contributed by atoms with Gasteiger partial charge in [-0.3, -0.25) is 4.99 Å². The number of hydrogen-bond acceptors (Lipinski definition) is 4. The molecule has 1 aromatic carbocycles. The standard InChI is InChI=1S/C20H32N4O2S2/c1-21-20(23-17-8-9-18(14-17)27-2)22-15-16-10-12-24(13-11-16)28(25,26)19-6-4-3-5-7-19/h3-7,16-18H,8-15H2,1-2H3,(H2,21,22,23). The van der Waals surface area contributed by atoms with Gasteiger partial charge in [0, 0.05) is 38.0 Å². The SMILES string of the molecule is CN=C(NCC1CCN(S(=O)(=O)c2ccccc2)CC1)NC1CCC(SC)C1. The van der Waals surface area contributed by atoms with Crippen LogP contribution in [0.3, 0.4) is 0 Å². The molecule has 1 saturated carbocycles. The Hall–Kier alpha value is -1.25. The van der Waals surface area contributed by atoms with Crippen LogP contribution >= 0.6 is 11.8 Å². The number of hydrogen-bond donors (Lipinski definition) is 2. The number of guanidine groups is 1. The molecule has 0 bridgehead atoms. The van der Waals surface area contributed by atoms with Crippen LogP contribution in [0.15, 0.2) is 40.2 Å². The molecule has 1 aliphatic heterocycles. The lowest BCUT2D eigenvalue weighted by molar-refractivity contribution is 0.273. The Labute approximate surface area is 173 Å². The van der Waals surface area contributed by atoms with Gasteiger partial charge in [-0.05, 0) is 56.4 Å². The molecule has 1 heterocycles. The number of aliphatic imine (C=N–C) groups is 1. The molecule has 1 aliphatic carbocycles. The smallest absolute Gasteiger partial charge is 0.243 e. The van der Waals surface area contributed by atoms with Crippen molar-refractivity contribution in [1.82, 2.24) is 14.9 Å². The van der Waals surface area contributed by atoms with E-state index in [4.69, 9.17) is 0 Å². The van der Waals surface area contributed by atoms with Crippen molar-refractivity contribution in [3.63, 3.8) is 0 Å². The summed E-state index contributed by atoms with van der Waals surface area (Å²) in [6, 6.07) is 9.22. The minimum Gasteiger partial charge on any atom is -0.356 e. The molecule has 0 aromatic heterocycles. The molecule has 3 rings (SSSR count). The lowest BCUT2D eigenvalue weighted by atomic mass is 9.98. The van der Waals surface area contributed by atoms with Crippen molar-refractivity contribution in [3.8, 4) is 0 Å². The van der Waals surface area contributed by atoms with E-state index < -0.39 is 10.0 Å². The van der Waals surface area contributed by atoms with Gasteiger partial charge in [-0.1, -0.05) is 18.2 Å². The van der Waals surface area contributed by atoms with Gasteiger partial charge in [0.15, 0.2) is 5.96 Å². The molecule has 6 nitrogen and oxygen atoms in total. The van der Waals surface area contributed by atoms with Gasteiger partial charge in [0.25, 0.3) is 0 Å². The zero-order chi connectivity index (χ0) is 20.0. The van der Waals surface area contributed by atoms with Gasteiger partial charge < -0.3 is 10.6 Å². The first kappa shape index (κ1) is 21.5. The molecule has 1 saturated heterocycles. The fourth-order valence-electron chi connectivity index (χ4n) is 4.01. The molecule has 0 amide bonds. The zero-order valence-electron chi connectivity index (χ0n) is 16.8. The normalized spacial score (nSPS) is 25.0. The van der Waals surface area contributed by atoms with Crippen LogP contribution in [0.2, 0.25) is 0 Å². The van der Waals surface area contributed by atoms with E-state index in [1.165, 1.54) is 19.3 Å². The van der Waals surface area contributed by atoms with E-state index in [1.54, 1.807) is 28.6 Å². The number of nitrogens with one attached hydrogen (secondary N) is 2. The van der Waals surface area contributed by atoms with Crippen molar-refractivity contribution >= 4 is 27.7 Å². The molecule has 2 fully saturated rings. The highest BCUT2D eigenvalue weighted by Gasteiger charge is 2.29. The van der Waals surface area contributed by atoms with Crippen molar-refractivity contribution < 1.29 is 8.42 Å². The average Bonchev–Trinajstić information content (AvgIpc) is 3.19. The largest absolute Gasteiger partial charge is 0.356 e. The second kappa shape index (κ2) is 9.98. The van der Waals surface area contributed by atoms with Gasteiger partial charge in [-0.2, -0.15) is 16.1 Å². The Morgan fingerprint density at radius 3 is 2.50 bits per heavy atom. The molecular weight excluding hydrogens is 392 g/mol. The summed E-state index contributed by atoms with van der Waals surface area (Å²) in [5.74, 6) is 1.33. The minimum absolute atomic E-state index is 0.385. The van der Waals surface area contributed by atoms with Crippen LogP contribution in [0.5, 0.6) is 0 Å². The Morgan fingerprint density at radius 2 is 1.89 bits per heavy atom. The molecule has 2 N–H and O–H groups in total. The summed E-state index contributed by atoms with van der Waals surface area (Å²) < 4.78 is 27.1. The Morgan fingerprint density at radius 1 is 1.18 bits per heavy atom. The highest BCUT2D eigenvalue weighted by atomic mass is 32.2. The maximum absolute atomic E-state index is 12.7. The lowest BCUT2D eigenvalue weighted by Crippen LogP contribution is -2.46. The molecule has 8 heteroatoms. The quantitative estimate of drug-likeness (QED) is 0.542. The molecule has 0 radical (unpaired) electrons. The van der Waals surface area contributed by atoms with Gasteiger partial charge in [-0.15, -0.1) is 0 Å². The molecule has 2 unspecified atom stereocenters. The second-order valence-corrected chi connectivity index (χ2v) is 10.7. The maximum atomic E-state index is 12.7. The summed E-state index contributed by atoms with van der Waals surface area (Å²) >= 11 is 1.95. The molecular formula is C20H32N4O2S2. The summed E-state index contributed by atoms with van der Waals surface area (Å²) in [6.07, 6.45) is 7.58. The maximum Gasteiger partial charge on any atom is 0.243 e. The van der Waals surface area contributed by atoms with E-state index in [0.29, 0.717) is 29.9 Å². The third kappa shape index (κ3) is 5.42. The van der Waals surface area contributed by atoms with Crippen LogP contribution in [0.4, 0.5) is 0 Å². The fourth-order valence-corrected chi connectivity index (χ4v) is 6.30. The van der Waals surface area contributed by atoms with Crippen LogP contribution in [0, 0.1) is 5.92 Å². The Balaban J connectivity index is 1.44. The third-order valence-electron chi connectivity index (χ3n) is 5.79. The minimum atomic E-state index is -3.37. The number of rotatable bonds is 6. The summed E-state index contributed by atoms with van der Waals surface area (Å²) in [6.45, 7) is 1.98. The average molecular weight is 425 g/mol. The summed E-state index contributed by atoms with van der Waals surface area (Å²) in [7, 11) is -1.56. The summed E-state index contributed by atoms with van der Waals surface area (Å²) in [4.78, 5) is 4.75. The molecule has 2 aliphatic rings. The van der Waals surface area contributed by atoms with Crippen molar-refractivity contribution in [3.05, 3.63) is 30.3 Å². The van der Waals surface area contributed by atoms with E-state index in [0.717, 1.165) is 30.6 Å². The first-order chi connectivity index (χ1) is 13.5. The number of sulfonamides is 1. The van der Waals surface area contributed by atoms with Crippen LogP contribution in [-0.4, -0.2) is 62.9 Å². The van der Waals surface area contributed by atoms with Gasteiger partial charge in [0.05, 0.1) is 4.90 Å². The Bertz CT molecular complexity index is 747. The van der Waals surface area contributed by atoms with Crippen LogP contribution in [0.1, 0.15) is 32.1 Å². The number of thioether (sulfide) groups is 1. The fraction of sp³-hybridized carbons (Fsp3) is 0.650. The molecule has 1 aromatic rings. The summed E-state index contributed by atoms with van der Waals surface area (Å²) in [5, 5.41) is 7.75.